The van der Waals surface area contributed by atoms with E-state index in [-0.39, 0.29) is 0 Å². The van der Waals surface area contributed by atoms with Crippen LogP contribution in [0, 0.1) is 0 Å². The van der Waals surface area contributed by atoms with Crippen LogP contribution in [0.5, 0.6) is 0 Å². The molecule has 0 radical (unpaired) electrons. The maximum absolute atomic E-state index is 6.89. The van der Waals surface area contributed by atoms with Crippen molar-refractivity contribution in [2.75, 3.05) is 4.90 Å². The van der Waals surface area contributed by atoms with E-state index < -0.39 is 0 Å². The van der Waals surface area contributed by atoms with Crippen LogP contribution in [0.3, 0.4) is 0 Å². The molecule has 9 aromatic carbocycles. The highest BCUT2D eigenvalue weighted by Crippen LogP contribution is 2.47. The van der Waals surface area contributed by atoms with Crippen LogP contribution in [-0.2, 0) is 0 Å². The molecule has 2 aromatic heterocycles. The molecule has 2 heterocycles. The molecule has 0 saturated carbocycles. The summed E-state index contributed by atoms with van der Waals surface area (Å²) in [5, 5.41) is 9.00. The summed E-state index contributed by atoms with van der Waals surface area (Å²) >= 11 is 0. The van der Waals surface area contributed by atoms with Crippen LogP contribution in [0.2, 0.25) is 0 Å². The molecule has 0 aliphatic carbocycles. The molecule has 53 heavy (non-hydrogen) atoms. The minimum absolute atomic E-state index is 0.842. The lowest BCUT2D eigenvalue weighted by atomic mass is 9.94. The Balaban J connectivity index is 1.16. The zero-order chi connectivity index (χ0) is 34.9. The molecule has 0 atom stereocenters. The third-order valence-corrected chi connectivity index (χ3v) is 10.6. The fraction of sp³-hybridized carbons (Fsp3) is 0. The fourth-order valence-corrected chi connectivity index (χ4v) is 8.18. The second-order valence-electron chi connectivity index (χ2n) is 13.7. The molecular weight excluding hydrogens is 647 g/mol. The summed E-state index contributed by atoms with van der Waals surface area (Å²) in [7, 11) is 0. The number of nitrogens with zero attached hydrogens (tertiary/aromatic N) is 1. The summed E-state index contributed by atoms with van der Waals surface area (Å²) < 4.78 is 13.5. The second kappa shape index (κ2) is 11.7. The summed E-state index contributed by atoms with van der Waals surface area (Å²) in [5.41, 5.74) is 11.1. The maximum atomic E-state index is 6.89. The van der Waals surface area contributed by atoms with Gasteiger partial charge in [-0.2, -0.15) is 0 Å². The first-order valence-electron chi connectivity index (χ1n) is 18.0. The Kier molecular flexibility index (Phi) is 6.55. The molecule has 3 nitrogen and oxygen atoms in total. The number of furan rings is 2. The molecule has 248 valence electrons. The monoisotopic (exact) mass is 677 g/mol. The Morgan fingerprint density at radius 3 is 1.83 bits per heavy atom. The Hall–Kier alpha value is -7.10. The molecular formula is C50H31NO2. The van der Waals surface area contributed by atoms with Crippen LogP contribution in [0.25, 0.3) is 87.7 Å². The SMILES string of the molecule is c1ccc(-c2ccc(N(c3ccc4oc5c(-c6cccc7c6oc6ccccc67)c6ccccc6cc5c4c3)c3cccc4ccccc34)cc2)cc1. The lowest BCUT2D eigenvalue weighted by molar-refractivity contribution is 0.665. The summed E-state index contributed by atoms with van der Waals surface area (Å²) in [6.07, 6.45) is 0. The molecule has 0 bridgehead atoms. The maximum Gasteiger partial charge on any atom is 0.144 e. The fourth-order valence-electron chi connectivity index (χ4n) is 8.18. The molecule has 0 amide bonds. The van der Waals surface area contributed by atoms with Crippen LogP contribution in [0.15, 0.2) is 197 Å². The Bertz CT molecular complexity index is 3160. The quantitative estimate of drug-likeness (QED) is 0.182. The Morgan fingerprint density at radius 2 is 0.962 bits per heavy atom. The minimum atomic E-state index is 0.842. The van der Waals surface area contributed by atoms with E-state index in [1.54, 1.807) is 0 Å². The highest BCUT2D eigenvalue weighted by Gasteiger charge is 2.22. The van der Waals surface area contributed by atoms with Gasteiger partial charge in [-0.05, 0) is 75.8 Å². The van der Waals surface area contributed by atoms with E-state index in [2.05, 4.69) is 181 Å². The van der Waals surface area contributed by atoms with Crippen molar-refractivity contribution in [3.05, 3.63) is 188 Å². The number of hydrogen-bond donors (Lipinski definition) is 0. The van der Waals surface area contributed by atoms with Crippen LogP contribution in [-0.4, -0.2) is 0 Å². The van der Waals surface area contributed by atoms with Crippen LogP contribution in [0.4, 0.5) is 17.1 Å². The number of fused-ring (bicyclic) bond motifs is 8. The predicted octanol–water partition coefficient (Wildman–Crippen LogP) is 14.6. The first kappa shape index (κ1) is 29.6. The predicted molar refractivity (Wildman–Crippen MR) is 222 cm³/mol. The van der Waals surface area contributed by atoms with E-state index in [0.29, 0.717) is 0 Å². The van der Waals surface area contributed by atoms with Gasteiger partial charge in [0.1, 0.15) is 22.3 Å². The molecule has 0 aliphatic rings. The first-order valence-corrected chi connectivity index (χ1v) is 18.0. The molecule has 11 rings (SSSR count). The van der Waals surface area contributed by atoms with E-state index >= 15 is 0 Å². The van der Waals surface area contributed by atoms with Crippen molar-refractivity contribution in [2.45, 2.75) is 0 Å². The van der Waals surface area contributed by atoms with Crippen LogP contribution < -0.4 is 4.90 Å². The molecule has 11 aromatic rings. The van der Waals surface area contributed by atoms with Gasteiger partial charge in [-0.15, -0.1) is 0 Å². The van der Waals surface area contributed by atoms with Crippen molar-refractivity contribution in [1.29, 1.82) is 0 Å². The van der Waals surface area contributed by atoms with Gasteiger partial charge < -0.3 is 13.7 Å². The topological polar surface area (TPSA) is 29.5 Å². The average molecular weight is 678 g/mol. The van der Waals surface area contributed by atoms with Gasteiger partial charge in [-0.25, -0.2) is 0 Å². The highest BCUT2D eigenvalue weighted by atomic mass is 16.3. The van der Waals surface area contributed by atoms with Gasteiger partial charge >= 0.3 is 0 Å². The van der Waals surface area contributed by atoms with Gasteiger partial charge in [0, 0.05) is 49.4 Å². The number of benzene rings is 9. The van der Waals surface area contributed by atoms with Crippen molar-refractivity contribution in [3.63, 3.8) is 0 Å². The number of anilines is 3. The number of rotatable bonds is 5. The summed E-state index contributed by atoms with van der Waals surface area (Å²) in [4.78, 5) is 2.37. The van der Waals surface area contributed by atoms with Gasteiger partial charge in [0.15, 0.2) is 0 Å². The lowest BCUT2D eigenvalue weighted by Crippen LogP contribution is -2.10. The Morgan fingerprint density at radius 1 is 0.340 bits per heavy atom. The molecule has 0 aliphatic heterocycles. The summed E-state index contributed by atoms with van der Waals surface area (Å²) in [6, 6.07) is 66.7. The minimum Gasteiger partial charge on any atom is -0.455 e. The smallest absolute Gasteiger partial charge is 0.144 e. The first-order chi connectivity index (χ1) is 26.3. The lowest BCUT2D eigenvalue weighted by Gasteiger charge is -2.27. The van der Waals surface area contributed by atoms with Gasteiger partial charge in [-0.1, -0.05) is 140 Å². The van der Waals surface area contributed by atoms with Gasteiger partial charge in [0.25, 0.3) is 0 Å². The summed E-state index contributed by atoms with van der Waals surface area (Å²) in [6.45, 7) is 0. The average Bonchev–Trinajstić information content (AvgIpc) is 3.79. The van der Waals surface area contributed by atoms with Crippen molar-refractivity contribution < 1.29 is 8.83 Å². The van der Waals surface area contributed by atoms with E-state index in [4.69, 9.17) is 8.83 Å². The van der Waals surface area contributed by atoms with Crippen LogP contribution >= 0.6 is 0 Å². The largest absolute Gasteiger partial charge is 0.455 e. The van der Waals surface area contributed by atoms with Crippen molar-refractivity contribution in [1.82, 2.24) is 0 Å². The molecule has 0 N–H and O–H groups in total. The molecule has 0 fully saturated rings. The van der Waals surface area contributed by atoms with Crippen molar-refractivity contribution >= 4 is 82.5 Å². The molecule has 3 heteroatoms. The van der Waals surface area contributed by atoms with E-state index in [9.17, 15) is 0 Å². The van der Waals surface area contributed by atoms with Crippen molar-refractivity contribution in [3.8, 4) is 22.3 Å². The van der Waals surface area contributed by atoms with Gasteiger partial charge in [-0.3, -0.25) is 0 Å². The Labute approximate surface area is 305 Å². The zero-order valence-corrected chi connectivity index (χ0v) is 28.7. The molecule has 0 saturated heterocycles. The van der Waals surface area contributed by atoms with Gasteiger partial charge in [0.05, 0.1) is 5.69 Å². The second-order valence-corrected chi connectivity index (χ2v) is 13.7. The summed E-state index contributed by atoms with van der Waals surface area (Å²) in [5.74, 6) is 0. The third-order valence-electron chi connectivity index (χ3n) is 10.6. The van der Waals surface area contributed by atoms with Crippen molar-refractivity contribution in [2.24, 2.45) is 0 Å². The van der Waals surface area contributed by atoms with E-state index in [0.717, 1.165) is 82.8 Å². The van der Waals surface area contributed by atoms with Crippen LogP contribution in [0.1, 0.15) is 0 Å². The zero-order valence-electron chi connectivity index (χ0n) is 28.7. The van der Waals surface area contributed by atoms with E-state index in [1.165, 1.54) is 21.9 Å². The third kappa shape index (κ3) is 4.68. The molecule has 0 spiro atoms. The number of hydrogen-bond acceptors (Lipinski definition) is 3. The van der Waals surface area contributed by atoms with E-state index in [1.807, 2.05) is 12.1 Å². The normalized spacial score (nSPS) is 11.8. The van der Waals surface area contributed by atoms with Gasteiger partial charge in [0.2, 0.25) is 0 Å². The number of para-hydroxylation sites is 2. The standard InChI is InChI=1S/C50H31NO2/c1-2-12-32(13-3-1)33-24-26-36(27-25-33)51(45-22-10-16-34-14-4-6-17-38(34)45)37-28-29-47-43(31-37)44-30-35-15-5-7-18-39(35)48(50(44)53-47)42-21-11-20-41-40-19-8-9-23-46(40)52-49(41)42/h1-31H. The highest BCUT2D eigenvalue weighted by molar-refractivity contribution is 6.22. The molecule has 0 unspecified atom stereocenters.